The van der Waals surface area contributed by atoms with Gasteiger partial charge in [-0.3, -0.25) is 14.9 Å². The third-order valence-corrected chi connectivity index (χ3v) is 4.50. The molecule has 2 saturated heterocycles. The Balaban J connectivity index is 1.91. The van der Waals surface area contributed by atoms with Crippen molar-refractivity contribution in [3.63, 3.8) is 0 Å². The van der Waals surface area contributed by atoms with Crippen molar-refractivity contribution in [3.8, 4) is 0 Å². The Morgan fingerprint density at radius 3 is 2.48 bits per heavy atom. The lowest BCUT2D eigenvalue weighted by atomic mass is 9.98. The summed E-state index contributed by atoms with van der Waals surface area (Å²) in [7, 11) is 0. The molecule has 21 heavy (non-hydrogen) atoms. The molecule has 2 heterocycles. The lowest BCUT2D eigenvalue weighted by Gasteiger charge is -2.37. The molecule has 2 bridgehead atoms. The summed E-state index contributed by atoms with van der Waals surface area (Å²) in [6.45, 7) is 0. The number of nitrogens with zero attached hydrogens (tertiary/aromatic N) is 2. The molecular formula is C14H15ClN2O4. The molecule has 3 rings (SSSR count). The summed E-state index contributed by atoms with van der Waals surface area (Å²) in [5.41, 5.74) is 0.0535. The van der Waals surface area contributed by atoms with E-state index in [1.54, 1.807) is 4.90 Å². The largest absolute Gasteiger partial charge is 0.393 e. The molecule has 2 fully saturated rings. The number of nitro groups is 1. The van der Waals surface area contributed by atoms with Crippen molar-refractivity contribution >= 4 is 23.2 Å². The molecule has 1 aromatic rings. The highest BCUT2D eigenvalue weighted by molar-refractivity contribution is 6.31. The Morgan fingerprint density at radius 1 is 1.29 bits per heavy atom. The minimum absolute atomic E-state index is 0.0179. The molecular weight excluding hydrogens is 296 g/mol. The van der Waals surface area contributed by atoms with Crippen LogP contribution in [0.2, 0.25) is 5.02 Å². The van der Waals surface area contributed by atoms with Gasteiger partial charge in [0.1, 0.15) is 0 Å². The van der Waals surface area contributed by atoms with Gasteiger partial charge in [-0.25, -0.2) is 0 Å². The highest BCUT2D eigenvalue weighted by Gasteiger charge is 2.43. The van der Waals surface area contributed by atoms with Crippen LogP contribution < -0.4 is 0 Å². The van der Waals surface area contributed by atoms with Crippen LogP contribution in [-0.4, -0.2) is 39.0 Å². The summed E-state index contributed by atoms with van der Waals surface area (Å²) in [5.74, 6) is -0.236. The first-order valence-corrected chi connectivity index (χ1v) is 7.29. The Labute approximate surface area is 126 Å². The zero-order valence-electron chi connectivity index (χ0n) is 11.2. The quantitative estimate of drug-likeness (QED) is 0.671. The van der Waals surface area contributed by atoms with Crippen LogP contribution >= 0.6 is 11.6 Å². The van der Waals surface area contributed by atoms with Crippen molar-refractivity contribution in [3.05, 3.63) is 38.9 Å². The second kappa shape index (κ2) is 5.27. The maximum Gasteiger partial charge on any atom is 0.271 e. The molecule has 1 aromatic carbocycles. The van der Waals surface area contributed by atoms with Crippen molar-refractivity contribution in [2.24, 2.45) is 0 Å². The van der Waals surface area contributed by atoms with Crippen LogP contribution in [0.4, 0.5) is 5.69 Å². The van der Waals surface area contributed by atoms with Gasteiger partial charge in [0.2, 0.25) is 0 Å². The van der Waals surface area contributed by atoms with Crippen LogP contribution in [0, 0.1) is 10.1 Å². The van der Waals surface area contributed by atoms with Gasteiger partial charge in [-0.05, 0) is 31.7 Å². The SMILES string of the molecule is O=C(c1cc(Cl)cc([N+](=O)[O-])c1)N1C2CCC1CC(O)C2. The van der Waals surface area contributed by atoms with Crippen molar-refractivity contribution in [1.82, 2.24) is 4.90 Å². The molecule has 6 nitrogen and oxygen atoms in total. The maximum absolute atomic E-state index is 12.7. The van der Waals surface area contributed by atoms with Gasteiger partial charge in [-0.2, -0.15) is 0 Å². The molecule has 0 aliphatic carbocycles. The molecule has 2 atom stereocenters. The Hall–Kier alpha value is -1.66. The predicted molar refractivity (Wildman–Crippen MR) is 76.3 cm³/mol. The number of nitro benzene ring substituents is 1. The fourth-order valence-electron chi connectivity index (χ4n) is 3.43. The van der Waals surface area contributed by atoms with Crippen LogP contribution in [0.1, 0.15) is 36.0 Å². The number of carbonyl (C=O) groups is 1. The first-order valence-electron chi connectivity index (χ1n) is 6.91. The predicted octanol–water partition coefficient (Wildman–Crippen LogP) is 2.38. The minimum Gasteiger partial charge on any atom is -0.393 e. The van der Waals surface area contributed by atoms with Crippen molar-refractivity contribution in [2.75, 3.05) is 0 Å². The number of hydrogen-bond donors (Lipinski definition) is 1. The van der Waals surface area contributed by atoms with Crippen molar-refractivity contribution in [1.29, 1.82) is 0 Å². The smallest absolute Gasteiger partial charge is 0.271 e. The van der Waals surface area contributed by atoms with Gasteiger partial charge in [0, 0.05) is 34.8 Å². The minimum atomic E-state index is -0.558. The van der Waals surface area contributed by atoms with E-state index in [2.05, 4.69) is 0 Å². The lowest BCUT2D eigenvalue weighted by molar-refractivity contribution is -0.384. The Morgan fingerprint density at radius 2 is 1.90 bits per heavy atom. The Kier molecular flexibility index (Phi) is 3.59. The number of carbonyl (C=O) groups excluding carboxylic acids is 1. The topological polar surface area (TPSA) is 83.7 Å². The molecule has 0 saturated carbocycles. The van der Waals surface area contributed by atoms with Crippen LogP contribution in [0.25, 0.3) is 0 Å². The third-order valence-electron chi connectivity index (χ3n) is 4.28. The number of rotatable bonds is 2. The molecule has 0 spiro atoms. The molecule has 2 aliphatic heterocycles. The zero-order valence-corrected chi connectivity index (χ0v) is 12.0. The van der Waals surface area contributed by atoms with Crippen LogP contribution in [0.15, 0.2) is 18.2 Å². The summed E-state index contributed by atoms with van der Waals surface area (Å²) in [4.78, 5) is 24.7. The van der Waals surface area contributed by atoms with Gasteiger partial charge in [0.25, 0.3) is 11.6 Å². The second-order valence-corrected chi connectivity index (χ2v) is 6.11. The molecule has 2 unspecified atom stereocenters. The number of aliphatic hydroxyl groups excluding tert-OH is 1. The van der Waals surface area contributed by atoms with Crippen molar-refractivity contribution < 1.29 is 14.8 Å². The molecule has 7 heteroatoms. The monoisotopic (exact) mass is 310 g/mol. The number of piperidine rings is 1. The molecule has 1 amide bonds. The highest BCUT2D eigenvalue weighted by Crippen LogP contribution is 2.37. The zero-order chi connectivity index (χ0) is 15.1. The average Bonchev–Trinajstić information content (AvgIpc) is 2.69. The summed E-state index contributed by atoms with van der Waals surface area (Å²) >= 11 is 5.87. The summed E-state index contributed by atoms with van der Waals surface area (Å²) in [6.07, 6.45) is 2.53. The van der Waals surface area contributed by atoms with E-state index in [0.29, 0.717) is 12.8 Å². The van der Waals surface area contributed by atoms with E-state index >= 15 is 0 Å². The maximum atomic E-state index is 12.7. The molecule has 2 aliphatic rings. The van der Waals surface area contributed by atoms with E-state index in [-0.39, 0.29) is 40.4 Å². The van der Waals surface area contributed by atoms with Gasteiger partial charge in [0.05, 0.1) is 11.0 Å². The number of halogens is 1. The van der Waals surface area contributed by atoms with E-state index < -0.39 is 4.92 Å². The number of fused-ring (bicyclic) bond motifs is 2. The van der Waals surface area contributed by atoms with Crippen LogP contribution in [0.5, 0.6) is 0 Å². The molecule has 1 N–H and O–H groups in total. The first-order chi connectivity index (χ1) is 9.95. The highest BCUT2D eigenvalue weighted by atomic mass is 35.5. The summed E-state index contributed by atoms with van der Waals surface area (Å²) < 4.78 is 0. The number of amides is 1. The number of aliphatic hydroxyl groups is 1. The van der Waals surface area contributed by atoms with E-state index in [1.165, 1.54) is 18.2 Å². The van der Waals surface area contributed by atoms with E-state index in [4.69, 9.17) is 11.6 Å². The number of non-ortho nitro benzene ring substituents is 1. The number of hydrogen-bond acceptors (Lipinski definition) is 4. The van der Waals surface area contributed by atoms with E-state index in [1.807, 2.05) is 0 Å². The molecule has 0 aromatic heterocycles. The fraction of sp³-hybridized carbons (Fsp3) is 0.500. The standard InChI is InChI=1S/C14H15ClN2O4/c15-9-3-8(4-12(5-9)17(20)21)14(19)16-10-1-2-11(16)7-13(18)6-10/h3-5,10-11,13,18H,1-2,6-7H2. The van der Waals surface area contributed by atoms with Gasteiger partial charge < -0.3 is 10.0 Å². The van der Waals surface area contributed by atoms with Gasteiger partial charge in [0.15, 0.2) is 0 Å². The fourth-order valence-corrected chi connectivity index (χ4v) is 3.66. The molecule has 112 valence electrons. The summed E-state index contributed by atoms with van der Waals surface area (Å²) in [5, 5.41) is 20.8. The van der Waals surface area contributed by atoms with Gasteiger partial charge in [-0.1, -0.05) is 11.6 Å². The second-order valence-electron chi connectivity index (χ2n) is 5.68. The number of benzene rings is 1. The van der Waals surface area contributed by atoms with Crippen LogP contribution in [0.3, 0.4) is 0 Å². The average molecular weight is 311 g/mol. The summed E-state index contributed by atoms with van der Waals surface area (Å²) in [6, 6.07) is 3.99. The first kappa shape index (κ1) is 14.3. The van der Waals surface area contributed by atoms with E-state index in [0.717, 1.165) is 12.8 Å². The van der Waals surface area contributed by atoms with Crippen LogP contribution in [-0.2, 0) is 0 Å². The molecule has 0 radical (unpaired) electrons. The van der Waals surface area contributed by atoms with Crippen molar-refractivity contribution in [2.45, 2.75) is 43.9 Å². The van der Waals surface area contributed by atoms with E-state index in [9.17, 15) is 20.0 Å². The Bertz CT molecular complexity index is 593. The normalized spacial score (nSPS) is 27.7. The third kappa shape index (κ3) is 2.61. The van der Waals surface area contributed by atoms with Gasteiger partial charge >= 0.3 is 0 Å². The lowest BCUT2D eigenvalue weighted by Crippen LogP contribution is -2.48. The van der Waals surface area contributed by atoms with Gasteiger partial charge in [-0.15, -0.1) is 0 Å².